The predicted octanol–water partition coefficient (Wildman–Crippen LogP) is 3.07. The molecule has 0 spiro atoms. The molecule has 0 aliphatic heterocycles. The van der Waals surface area contributed by atoms with E-state index in [1.54, 1.807) is 6.07 Å². The standard InChI is InChI=1S/C17H19ClN2O3S/c18-14-6-2-1-5-13(14)10-24-11-16(22)23-9-15(21)20-17(12-19)7-3-4-8-17/h1-2,5-6H,3-4,7-11H2,(H,20,21). The summed E-state index contributed by atoms with van der Waals surface area (Å²) in [5.41, 5.74) is 0.161. The van der Waals surface area contributed by atoms with Gasteiger partial charge in [0.2, 0.25) is 0 Å². The van der Waals surface area contributed by atoms with Crippen LogP contribution in [0.2, 0.25) is 5.02 Å². The van der Waals surface area contributed by atoms with Crippen LogP contribution in [-0.4, -0.2) is 29.8 Å². The molecule has 0 unspecified atom stereocenters. The first-order valence-electron chi connectivity index (χ1n) is 7.74. The Morgan fingerprint density at radius 2 is 2.04 bits per heavy atom. The third-order valence-electron chi connectivity index (χ3n) is 3.85. The van der Waals surface area contributed by atoms with E-state index in [0.29, 0.717) is 23.6 Å². The van der Waals surface area contributed by atoms with Crippen LogP contribution >= 0.6 is 23.4 Å². The minimum atomic E-state index is -0.789. The first-order chi connectivity index (χ1) is 11.5. The van der Waals surface area contributed by atoms with Gasteiger partial charge >= 0.3 is 5.97 Å². The van der Waals surface area contributed by atoms with Gasteiger partial charge in [-0.15, -0.1) is 11.8 Å². The molecule has 1 amide bonds. The monoisotopic (exact) mass is 366 g/mol. The van der Waals surface area contributed by atoms with Crippen LogP contribution in [0.5, 0.6) is 0 Å². The summed E-state index contributed by atoms with van der Waals surface area (Å²) in [7, 11) is 0. The molecule has 5 nitrogen and oxygen atoms in total. The molecule has 0 aromatic heterocycles. The first-order valence-corrected chi connectivity index (χ1v) is 9.27. The van der Waals surface area contributed by atoms with Crippen LogP contribution in [0.4, 0.5) is 0 Å². The number of carbonyl (C=O) groups is 2. The van der Waals surface area contributed by atoms with Crippen molar-refractivity contribution >= 4 is 35.2 Å². The van der Waals surface area contributed by atoms with Crippen LogP contribution in [-0.2, 0) is 20.1 Å². The number of nitriles is 1. The minimum absolute atomic E-state index is 0.141. The average molecular weight is 367 g/mol. The van der Waals surface area contributed by atoms with Crippen molar-refractivity contribution in [1.82, 2.24) is 5.32 Å². The van der Waals surface area contributed by atoms with Crippen LogP contribution in [0.1, 0.15) is 31.2 Å². The van der Waals surface area contributed by atoms with Gasteiger partial charge in [-0.25, -0.2) is 0 Å². The minimum Gasteiger partial charge on any atom is -0.455 e. The molecule has 1 aromatic carbocycles. The summed E-state index contributed by atoms with van der Waals surface area (Å²) in [6.45, 7) is -0.352. The predicted molar refractivity (Wildman–Crippen MR) is 93.5 cm³/mol. The molecule has 1 aliphatic rings. The number of benzene rings is 1. The number of esters is 1. The van der Waals surface area contributed by atoms with Gasteiger partial charge in [0.1, 0.15) is 5.54 Å². The third-order valence-corrected chi connectivity index (χ3v) is 5.17. The number of ether oxygens (including phenoxy) is 1. The van der Waals surface area contributed by atoms with Crippen molar-refractivity contribution in [1.29, 1.82) is 5.26 Å². The molecule has 2 rings (SSSR count). The summed E-state index contributed by atoms with van der Waals surface area (Å²) in [4.78, 5) is 23.5. The molecule has 1 aromatic rings. The molecule has 0 bridgehead atoms. The van der Waals surface area contributed by atoms with Gasteiger partial charge in [-0.3, -0.25) is 9.59 Å². The fourth-order valence-corrected chi connectivity index (χ4v) is 3.70. The Balaban J connectivity index is 1.67. The number of thioether (sulfide) groups is 1. The van der Waals surface area contributed by atoms with E-state index in [4.69, 9.17) is 16.3 Å². The number of carbonyl (C=O) groups excluding carboxylic acids is 2. The number of halogens is 1. The number of nitrogens with zero attached hydrogens (tertiary/aromatic N) is 1. The van der Waals surface area contributed by atoms with Gasteiger partial charge < -0.3 is 10.1 Å². The maximum absolute atomic E-state index is 11.8. The Kier molecular flexibility index (Phi) is 6.95. The van der Waals surface area contributed by atoms with Crippen molar-refractivity contribution in [2.24, 2.45) is 0 Å². The number of hydrogen-bond acceptors (Lipinski definition) is 5. The summed E-state index contributed by atoms with van der Waals surface area (Å²) in [6.07, 6.45) is 3.15. The summed E-state index contributed by atoms with van der Waals surface area (Å²) < 4.78 is 4.96. The Morgan fingerprint density at radius 3 is 2.71 bits per heavy atom. The van der Waals surface area contributed by atoms with Gasteiger partial charge in [-0.05, 0) is 37.3 Å². The molecule has 0 atom stereocenters. The van der Waals surface area contributed by atoms with Crippen molar-refractivity contribution < 1.29 is 14.3 Å². The van der Waals surface area contributed by atoms with Crippen LogP contribution < -0.4 is 5.32 Å². The number of amides is 1. The molecular weight excluding hydrogens is 348 g/mol. The zero-order valence-corrected chi connectivity index (χ0v) is 14.8. The van der Waals surface area contributed by atoms with Gasteiger partial charge in [-0.1, -0.05) is 29.8 Å². The highest BCUT2D eigenvalue weighted by atomic mass is 35.5. The molecule has 7 heteroatoms. The van der Waals surface area contributed by atoms with Crippen molar-refractivity contribution in [3.05, 3.63) is 34.9 Å². The van der Waals surface area contributed by atoms with E-state index in [-0.39, 0.29) is 12.4 Å². The summed E-state index contributed by atoms with van der Waals surface area (Å²) in [6, 6.07) is 9.60. The first kappa shape index (κ1) is 18.6. The maximum atomic E-state index is 11.8. The molecule has 1 N–H and O–H groups in total. The molecule has 128 valence electrons. The normalized spacial score (nSPS) is 15.5. The molecular formula is C17H19ClN2O3S. The molecule has 0 saturated heterocycles. The molecule has 1 aliphatic carbocycles. The molecule has 1 saturated carbocycles. The highest BCUT2D eigenvalue weighted by Gasteiger charge is 2.35. The number of rotatable bonds is 7. The van der Waals surface area contributed by atoms with Crippen molar-refractivity contribution in [3.63, 3.8) is 0 Å². The van der Waals surface area contributed by atoms with E-state index in [2.05, 4.69) is 11.4 Å². The van der Waals surface area contributed by atoms with Gasteiger partial charge in [0.15, 0.2) is 6.61 Å². The van der Waals surface area contributed by atoms with E-state index in [1.165, 1.54) is 11.8 Å². The lowest BCUT2D eigenvalue weighted by Crippen LogP contribution is -2.46. The SMILES string of the molecule is N#CC1(NC(=O)COC(=O)CSCc2ccccc2Cl)CCCC1. The van der Waals surface area contributed by atoms with E-state index in [0.717, 1.165) is 18.4 Å². The Bertz CT molecular complexity index is 639. The third kappa shape index (κ3) is 5.43. The van der Waals surface area contributed by atoms with Crippen molar-refractivity contribution in [2.75, 3.05) is 12.4 Å². The Hall–Kier alpha value is -1.71. The zero-order valence-electron chi connectivity index (χ0n) is 13.2. The van der Waals surface area contributed by atoms with Gasteiger partial charge in [0.25, 0.3) is 5.91 Å². The zero-order chi connectivity index (χ0) is 17.4. The fraction of sp³-hybridized carbons (Fsp3) is 0.471. The Labute approximate surface area is 150 Å². The Morgan fingerprint density at radius 1 is 1.33 bits per heavy atom. The van der Waals surface area contributed by atoms with Gasteiger partial charge in [-0.2, -0.15) is 5.26 Å². The summed E-state index contributed by atoms with van der Waals surface area (Å²) in [5.74, 6) is -0.150. The van der Waals surface area contributed by atoms with Crippen LogP contribution in [0.25, 0.3) is 0 Å². The highest BCUT2D eigenvalue weighted by molar-refractivity contribution is 7.99. The molecule has 24 heavy (non-hydrogen) atoms. The smallest absolute Gasteiger partial charge is 0.316 e. The second-order valence-electron chi connectivity index (χ2n) is 5.69. The lowest BCUT2D eigenvalue weighted by molar-refractivity contribution is -0.146. The van der Waals surface area contributed by atoms with Crippen LogP contribution in [0.3, 0.4) is 0 Å². The van der Waals surface area contributed by atoms with Crippen LogP contribution in [0.15, 0.2) is 24.3 Å². The summed E-state index contributed by atoms with van der Waals surface area (Å²) in [5, 5.41) is 12.6. The fourth-order valence-electron chi connectivity index (χ4n) is 2.59. The average Bonchev–Trinajstić information content (AvgIpc) is 3.04. The number of hydrogen-bond donors (Lipinski definition) is 1. The number of nitrogens with one attached hydrogen (secondary N) is 1. The molecule has 1 fully saturated rings. The lowest BCUT2D eigenvalue weighted by Gasteiger charge is -2.21. The highest BCUT2D eigenvalue weighted by Crippen LogP contribution is 2.28. The van der Waals surface area contributed by atoms with E-state index >= 15 is 0 Å². The van der Waals surface area contributed by atoms with Gasteiger partial charge in [0, 0.05) is 10.8 Å². The molecule has 0 heterocycles. The lowest BCUT2D eigenvalue weighted by atomic mass is 10.00. The second-order valence-corrected chi connectivity index (χ2v) is 7.09. The quantitative estimate of drug-likeness (QED) is 0.750. The topological polar surface area (TPSA) is 79.2 Å². The molecule has 0 radical (unpaired) electrons. The summed E-state index contributed by atoms with van der Waals surface area (Å²) >= 11 is 7.42. The van der Waals surface area contributed by atoms with E-state index in [9.17, 15) is 14.9 Å². The maximum Gasteiger partial charge on any atom is 0.316 e. The second kappa shape index (κ2) is 8.95. The van der Waals surface area contributed by atoms with E-state index < -0.39 is 17.4 Å². The van der Waals surface area contributed by atoms with Crippen molar-refractivity contribution in [2.45, 2.75) is 37.0 Å². The largest absolute Gasteiger partial charge is 0.455 e. The van der Waals surface area contributed by atoms with E-state index in [1.807, 2.05) is 18.2 Å². The van der Waals surface area contributed by atoms with Gasteiger partial charge in [0.05, 0.1) is 11.8 Å². The van der Waals surface area contributed by atoms with Crippen molar-refractivity contribution in [3.8, 4) is 6.07 Å². The van der Waals surface area contributed by atoms with Crippen LogP contribution in [0, 0.1) is 11.3 Å².